The standard InChI is InChI=1S/C22H30N4OS/c1-15(2)20-13-17-21(26-11-10-25(3)16(14-26)9-12-27-4)23-18-7-5-6-8-19(18)24-22(17)28-20/h5-8,13,15-16,24H,9-12,14H2,1-4H3. The van der Waals surface area contributed by atoms with E-state index in [9.17, 15) is 0 Å². The SMILES string of the molecule is COCCC1CN(C2=Nc3ccccc3Nc3sc(C(C)C)cc32)CCN1C. The van der Waals surface area contributed by atoms with Crippen molar-refractivity contribution in [3.05, 3.63) is 40.8 Å². The molecule has 1 unspecified atom stereocenters. The summed E-state index contributed by atoms with van der Waals surface area (Å²) in [5, 5.41) is 4.86. The van der Waals surface area contributed by atoms with Gasteiger partial charge in [-0.05, 0) is 37.6 Å². The van der Waals surface area contributed by atoms with Crippen LogP contribution in [0.15, 0.2) is 35.3 Å². The summed E-state index contributed by atoms with van der Waals surface area (Å²) in [4.78, 5) is 11.5. The zero-order chi connectivity index (χ0) is 19.7. The van der Waals surface area contributed by atoms with Gasteiger partial charge in [0.25, 0.3) is 0 Å². The van der Waals surface area contributed by atoms with Crippen LogP contribution in [0.4, 0.5) is 16.4 Å². The lowest BCUT2D eigenvalue weighted by atomic mass is 10.1. The molecule has 0 spiro atoms. The molecule has 28 heavy (non-hydrogen) atoms. The lowest BCUT2D eigenvalue weighted by molar-refractivity contribution is 0.100. The lowest BCUT2D eigenvalue weighted by Gasteiger charge is -2.40. The van der Waals surface area contributed by atoms with Gasteiger partial charge in [0.2, 0.25) is 0 Å². The summed E-state index contributed by atoms with van der Waals surface area (Å²) in [5.41, 5.74) is 3.33. The number of fused-ring (bicyclic) bond motifs is 2. The summed E-state index contributed by atoms with van der Waals surface area (Å²) >= 11 is 1.85. The number of nitrogens with one attached hydrogen (secondary N) is 1. The Hall–Kier alpha value is -1.89. The molecular formula is C22H30N4OS. The molecule has 2 aliphatic heterocycles. The summed E-state index contributed by atoms with van der Waals surface area (Å²) in [6.07, 6.45) is 1.04. The number of anilines is 2. The number of ether oxygens (including phenoxy) is 1. The molecule has 1 N–H and O–H groups in total. The van der Waals surface area contributed by atoms with E-state index < -0.39 is 0 Å². The molecule has 150 valence electrons. The second kappa shape index (κ2) is 8.23. The number of methoxy groups -OCH3 is 1. The van der Waals surface area contributed by atoms with Gasteiger partial charge in [-0.1, -0.05) is 26.0 Å². The maximum absolute atomic E-state index is 5.34. The molecule has 1 aromatic heterocycles. The summed E-state index contributed by atoms with van der Waals surface area (Å²) in [7, 11) is 4.00. The Bertz CT molecular complexity index is 860. The molecule has 1 saturated heterocycles. The molecular weight excluding hydrogens is 368 g/mol. The van der Waals surface area contributed by atoms with Gasteiger partial charge >= 0.3 is 0 Å². The van der Waals surface area contributed by atoms with E-state index in [4.69, 9.17) is 9.73 Å². The van der Waals surface area contributed by atoms with Crippen LogP contribution in [-0.2, 0) is 4.74 Å². The minimum Gasteiger partial charge on any atom is -0.385 e. The van der Waals surface area contributed by atoms with Crippen molar-refractivity contribution in [2.24, 2.45) is 4.99 Å². The fraction of sp³-hybridized carbons (Fsp3) is 0.500. The molecule has 0 amide bonds. The Labute approximate surface area is 172 Å². The number of para-hydroxylation sites is 2. The molecule has 0 saturated carbocycles. The van der Waals surface area contributed by atoms with Crippen molar-refractivity contribution >= 4 is 33.5 Å². The van der Waals surface area contributed by atoms with E-state index >= 15 is 0 Å². The highest BCUT2D eigenvalue weighted by Gasteiger charge is 2.30. The average Bonchev–Trinajstić information content (AvgIpc) is 3.04. The van der Waals surface area contributed by atoms with Crippen LogP contribution in [0.1, 0.15) is 36.6 Å². The van der Waals surface area contributed by atoms with Crippen molar-refractivity contribution < 1.29 is 4.74 Å². The van der Waals surface area contributed by atoms with Gasteiger partial charge < -0.3 is 15.0 Å². The third kappa shape index (κ3) is 3.81. The maximum atomic E-state index is 5.34. The molecule has 1 fully saturated rings. The van der Waals surface area contributed by atoms with Crippen molar-refractivity contribution in [2.75, 3.05) is 45.7 Å². The van der Waals surface area contributed by atoms with E-state index in [1.807, 2.05) is 11.3 Å². The van der Waals surface area contributed by atoms with Gasteiger partial charge in [-0.25, -0.2) is 4.99 Å². The van der Waals surface area contributed by atoms with Crippen molar-refractivity contribution in [1.82, 2.24) is 9.80 Å². The van der Waals surface area contributed by atoms with Crippen LogP contribution in [0.2, 0.25) is 0 Å². The lowest BCUT2D eigenvalue weighted by Crippen LogP contribution is -2.53. The monoisotopic (exact) mass is 398 g/mol. The van der Waals surface area contributed by atoms with Crippen molar-refractivity contribution in [1.29, 1.82) is 0 Å². The molecule has 0 bridgehead atoms. The number of hydrogen-bond donors (Lipinski definition) is 1. The van der Waals surface area contributed by atoms with Crippen molar-refractivity contribution in [3.8, 4) is 0 Å². The zero-order valence-electron chi connectivity index (χ0n) is 17.2. The van der Waals surface area contributed by atoms with Crippen LogP contribution in [0.25, 0.3) is 0 Å². The molecule has 1 atom stereocenters. The van der Waals surface area contributed by atoms with Gasteiger partial charge in [-0.2, -0.15) is 0 Å². The molecule has 5 nitrogen and oxygen atoms in total. The number of benzene rings is 1. The van der Waals surface area contributed by atoms with Gasteiger partial charge in [0.05, 0.1) is 16.9 Å². The van der Waals surface area contributed by atoms with E-state index in [1.54, 1.807) is 7.11 Å². The van der Waals surface area contributed by atoms with Crippen LogP contribution in [-0.4, -0.2) is 62.1 Å². The zero-order valence-corrected chi connectivity index (χ0v) is 18.1. The van der Waals surface area contributed by atoms with Gasteiger partial charge in [0, 0.05) is 44.3 Å². The minimum absolute atomic E-state index is 0.481. The molecule has 2 aliphatic rings. The first-order valence-electron chi connectivity index (χ1n) is 10.1. The second-order valence-electron chi connectivity index (χ2n) is 7.99. The Morgan fingerprint density at radius 1 is 1.29 bits per heavy atom. The smallest absolute Gasteiger partial charge is 0.139 e. The Balaban J connectivity index is 1.72. The van der Waals surface area contributed by atoms with E-state index in [2.05, 4.69) is 66.3 Å². The topological polar surface area (TPSA) is 40.1 Å². The van der Waals surface area contributed by atoms with Gasteiger partial charge in [0.1, 0.15) is 10.8 Å². The molecule has 3 heterocycles. The number of likely N-dealkylation sites (N-methyl/N-ethyl adjacent to an activating group) is 1. The van der Waals surface area contributed by atoms with Crippen molar-refractivity contribution in [2.45, 2.75) is 32.2 Å². The van der Waals surface area contributed by atoms with Crippen LogP contribution in [0.5, 0.6) is 0 Å². The average molecular weight is 399 g/mol. The number of hydrogen-bond acceptors (Lipinski definition) is 6. The minimum atomic E-state index is 0.481. The number of thiophene rings is 1. The molecule has 0 aliphatic carbocycles. The third-order valence-electron chi connectivity index (χ3n) is 5.67. The molecule has 2 aromatic rings. The first-order chi connectivity index (χ1) is 13.6. The number of nitrogens with zero attached hydrogens (tertiary/aromatic N) is 3. The largest absolute Gasteiger partial charge is 0.385 e. The number of amidine groups is 1. The first-order valence-corrected chi connectivity index (χ1v) is 10.9. The highest BCUT2D eigenvalue weighted by molar-refractivity contribution is 7.16. The summed E-state index contributed by atoms with van der Waals surface area (Å²) < 4.78 is 5.34. The highest BCUT2D eigenvalue weighted by Crippen LogP contribution is 2.41. The predicted molar refractivity (Wildman–Crippen MR) is 119 cm³/mol. The van der Waals surface area contributed by atoms with E-state index in [-0.39, 0.29) is 0 Å². The fourth-order valence-electron chi connectivity index (χ4n) is 3.87. The van der Waals surface area contributed by atoms with E-state index in [0.29, 0.717) is 12.0 Å². The van der Waals surface area contributed by atoms with Crippen molar-refractivity contribution in [3.63, 3.8) is 0 Å². The Morgan fingerprint density at radius 3 is 2.89 bits per heavy atom. The maximum Gasteiger partial charge on any atom is 0.139 e. The van der Waals surface area contributed by atoms with E-state index in [1.165, 1.54) is 15.4 Å². The van der Waals surface area contributed by atoms with Crippen LogP contribution in [0.3, 0.4) is 0 Å². The Kier molecular flexibility index (Phi) is 5.71. The molecule has 1 aromatic carbocycles. The quantitative estimate of drug-likeness (QED) is 0.813. The van der Waals surface area contributed by atoms with Gasteiger partial charge in [-0.3, -0.25) is 4.90 Å². The number of aliphatic imine (C=N–C) groups is 1. The molecule has 4 rings (SSSR count). The van der Waals surface area contributed by atoms with Gasteiger partial charge in [0.15, 0.2) is 0 Å². The molecule has 0 radical (unpaired) electrons. The normalized spacial score (nSPS) is 19.7. The predicted octanol–water partition coefficient (Wildman–Crippen LogP) is 4.66. The highest BCUT2D eigenvalue weighted by atomic mass is 32.1. The summed E-state index contributed by atoms with van der Waals surface area (Å²) in [6, 6.07) is 11.2. The Morgan fingerprint density at radius 2 is 2.11 bits per heavy atom. The summed E-state index contributed by atoms with van der Waals surface area (Å²) in [6.45, 7) is 8.32. The third-order valence-corrected chi connectivity index (χ3v) is 7.02. The number of rotatable bonds is 4. The fourth-order valence-corrected chi connectivity index (χ4v) is 4.94. The summed E-state index contributed by atoms with van der Waals surface area (Å²) in [5.74, 6) is 1.61. The number of piperazine rings is 1. The second-order valence-corrected chi connectivity index (χ2v) is 9.07. The van der Waals surface area contributed by atoms with Gasteiger partial charge in [-0.15, -0.1) is 11.3 Å². The van der Waals surface area contributed by atoms with Crippen LogP contribution >= 0.6 is 11.3 Å². The molecule has 6 heteroatoms. The first kappa shape index (κ1) is 19.4. The van der Waals surface area contributed by atoms with Crippen LogP contribution < -0.4 is 5.32 Å². The van der Waals surface area contributed by atoms with Crippen LogP contribution in [0, 0.1) is 0 Å². The van der Waals surface area contributed by atoms with E-state index in [0.717, 1.165) is 49.9 Å².